The molecule has 2 N–H and O–H groups in total. The lowest BCUT2D eigenvalue weighted by Crippen LogP contribution is -2.36. The number of anilines is 1. The number of esters is 1. The normalized spacial score (nSPS) is 15.3. The summed E-state index contributed by atoms with van der Waals surface area (Å²) in [6.07, 6.45) is 2.68. The number of H-pyrrole nitrogens is 1. The van der Waals surface area contributed by atoms with E-state index in [1.54, 1.807) is 0 Å². The van der Waals surface area contributed by atoms with E-state index in [9.17, 15) is 14.4 Å². The predicted octanol–water partition coefficient (Wildman–Crippen LogP) is 3.26. The molecule has 0 aliphatic heterocycles. The fourth-order valence-corrected chi connectivity index (χ4v) is 5.89. The van der Waals surface area contributed by atoms with Gasteiger partial charge in [0.2, 0.25) is 11.6 Å². The monoisotopic (exact) mass is 474 g/mol. The van der Waals surface area contributed by atoms with Gasteiger partial charge < -0.3 is 10.1 Å². The smallest absolute Gasteiger partial charge is 0.442 e. The molecule has 0 radical (unpaired) electrons. The number of aromatic nitrogens is 2. The Kier molecular flexibility index (Phi) is 6.52. The molecule has 1 atom stereocenters. The van der Waals surface area contributed by atoms with E-state index >= 15 is 0 Å². The number of hydrogen-bond acceptors (Lipinski definition) is 7. The quantitative estimate of drug-likeness (QED) is 0.323. The van der Waals surface area contributed by atoms with Crippen LogP contribution in [0.5, 0.6) is 0 Å². The highest BCUT2D eigenvalue weighted by Gasteiger charge is 2.30. The number of methoxy groups -OCH3 is 1. The Hall–Kier alpha value is -2.85. The standard InChI is InChI=1S/C22H23N3O5S2/c1-12-4-7-14(8-5-12)25-20(22(28)30-24-25)31-11-17(26)23-19-18(21(27)29-3)15-9-6-13(2)10-16(15)32-19/h4-5,7-8,13H,6,9-11H2,1-3H3,(H-,23,24,26,27,28)/p+1. The maximum absolute atomic E-state index is 12.7. The van der Waals surface area contributed by atoms with E-state index in [-0.39, 0.29) is 16.7 Å². The molecule has 0 spiro atoms. The number of thiophene rings is 1. The summed E-state index contributed by atoms with van der Waals surface area (Å²) < 4.78 is 11.4. The van der Waals surface area contributed by atoms with E-state index in [1.165, 1.54) is 23.1 Å². The molecule has 1 aliphatic carbocycles. The van der Waals surface area contributed by atoms with Crippen LogP contribution in [-0.2, 0) is 22.4 Å². The molecule has 1 unspecified atom stereocenters. The van der Waals surface area contributed by atoms with Crippen molar-refractivity contribution in [3.05, 3.63) is 56.3 Å². The van der Waals surface area contributed by atoms with Gasteiger partial charge in [-0.05, 0) is 59.4 Å². The van der Waals surface area contributed by atoms with E-state index in [0.717, 1.165) is 52.7 Å². The van der Waals surface area contributed by atoms with Gasteiger partial charge in [0.05, 0.1) is 18.4 Å². The number of benzene rings is 1. The topological polar surface area (TPSA) is 105 Å². The summed E-state index contributed by atoms with van der Waals surface area (Å²) in [5, 5.41) is 6.19. The fraction of sp³-hybridized carbons (Fsp3) is 0.364. The van der Waals surface area contributed by atoms with Crippen LogP contribution in [0.2, 0.25) is 0 Å². The van der Waals surface area contributed by atoms with E-state index in [4.69, 9.17) is 9.26 Å². The Morgan fingerprint density at radius 1 is 1.34 bits per heavy atom. The van der Waals surface area contributed by atoms with Gasteiger partial charge in [0, 0.05) is 17.0 Å². The number of rotatable bonds is 6. The minimum Gasteiger partial charge on any atom is -0.465 e. The third-order valence-corrected chi connectivity index (χ3v) is 7.59. The number of aryl methyl sites for hydroxylation is 1. The molecule has 1 amide bonds. The van der Waals surface area contributed by atoms with Gasteiger partial charge in [-0.1, -0.05) is 24.6 Å². The summed E-state index contributed by atoms with van der Waals surface area (Å²) in [7, 11) is 1.34. The molecule has 10 heteroatoms. The van der Waals surface area contributed by atoms with Crippen molar-refractivity contribution >= 4 is 40.0 Å². The molecule has 2 aromatic heterocycles. The first-order valence-corrected chi connectivity index (χ1v) is 12.0. The van der Waals surface area contributed by atoms with Crippen molar-refractivity contribution in [2.75, 3.05) is 18.2 Å². The molecule has 0 saturated carbocycles. The van der Waals surface area contributed by atoms with Crippen LogP contribution in [0.4, 0.5) is 5.00 Å². The summed E-state index contributed by atoms with van der Waals surface area (Å²) in [6, 6.07) is 7.54. The number of amides is 1. The number of fused-ring (bicyclic) bond motifs is 1. The Labute approximate surface area is 192 Å². The van der Waals surface area contributed by atoms with Crippen molar-refractivity contribution in [1.29, 1.82) is 0 Å². The van der Waals surface area contributed by atoms with Crippen molar-refractivity contribution in [3.8, 4) is 5.69 Å². The number of carbonyl (C=O) groups is 2. The summed E-state index contributed by atoms with van der Waals surface area (Å²) in [5.74, 6) is -0.240. The first-order chi connectivity index (χ1) is 15.4. The van der Waals surface area contributed by atoms with Gasteiger partial charge in [-0.2, -0.15) is 0 Å². The number of hydrogen-bond donors (Lipinski definition) is 2. The maximum atomic E-state index is 12.7. The number of carbonyl (C=O) groups excluding carboxylic acids is 2. The predicted molar refractivity (Wildman–Crippen MR) is 122 cm³/mol. The van der Waals surface area contributed by atoms with E-state index in [2.05, 4.69) is 17.5 Å². The molecule has 4 rings (SSSR count). The molecular formula is C22H24N3O5S2+. The molecule has 1 aromatic carbocycles. The lowest BCUT2D eigenvalue weighted by molar-refractivity contribution is -0.704. The molecule has 0 fully saturated rings. The van der Waals surface area contributed by atoms with Crippen molar-refractivity contribution in [2.45, 2.75) is 38.1 Å². The van der Waals surface area contributed by atoms with Crippen LogP contribution >= 0.6 is 23.1 Å². The van der Waals surface area contributed by atoms with E-state index in [1.807, 2.05) is 31.2 Å². The number of ether oxygens (including phenoxy) is 1. The number of aromatic amines is 1. The van der Waals surface area contributed by atoms with Crippen molar-refractivity contribution in [3.63, 3.8) is 0 Å². The second-order valence-electron chi connectivity index (χ2n) is 7.84. The average Bonchev–Trinajstić information content (AvgIpc) is 3.31. The van der Waals surface area contributed by atoms with Crippen LogP contribution < -0.4 is 15.6 Å². The highest BCUT2D eigenvalue weighted by atomic mass is 32.2. The zero-order chi connectivity index (χ0) is 22.8. The molecule has 1 aliphatic rings. The van der Waals surface area contributed by atoms with Gasteiger partial charge in [0.15, 0.2) is 0 Å². The van der Waals surface area contributed by atoms with Crippen LogP contribution in [0.15, 0.2) is 38.6 Å². The second-order valence-corrected chi connectivity index (χ2v) is 9.91. The maximum Gasteiger partial charge on any atom is 0.442 e. The molecule has 3 aromatic rings. The average molecular weight is 475 g/mol. The van der Waals surface area contributed by atoms with Gasteiger partial charge >= 0.3 is 16.6 Å². The van der Waals surface area contributed by atoms with Gasteiger partial charge in [-0.15, -0.1) is 11.3 Å². The number of nitrogens with one attached hydrogen (secondary N) is 2. The van der Waals surface area contributed by atoms with Crippen LogP contribution in [0.25, 0.3) is 5.69 Å². The summed E-state index contributed by atoms with van der Waals surface area (Å²) >= 11 is 2.50. The zero-order valence-electron chi connectivity index (χ0n) is 18.0. The van der Waals surface area contributed by atoms with Gasteiger partial charge in [0.25, 0.3) is 0 Å². The Morgan fingerprint density at radius 3 is 2.81 bits per heavy atom. The molecule has 0 saturated heterocycles. The number of thioether (sulfide) groups is 1. The fourth-order valence-electron chi connectivity index (χ4n) is 3.70. The van der Waals surface area contributed by atoms with Crippen molar-refractivity contribution in [1.82, 2.24) is 5.27 Å². The molecule has 0 bridgehead atoms. The van der Waals surface area contributed by atoms with Gasteiger partial charge in [-0.3, -0.25) is 9.32 Å². The minimum atomic E-state index is -0.556. The van der Waals surface area contributed by atoms with Crippen LogP contribution in [0.3, 0.4) is 0 Å². The summed E-state index contributed by atoms with van der Waals surface area (Å²) in [4.78, 5) is 38.4. The van der Waals surface area contributed by atoms with Crippen molar-refractivity contribution in [2.24, 2.45) is 5.92 Å². The van der Waals surface area contributed by atoms with E-state index < -0.39 is 11.6 Å². The van der Waals surface area contributed by atoms with Crippen LogP contribution in [0.1, 0.15) is 39.7 Å². The third kappa shape index (κ3) is 4.51. The van der Waals surface area contributed by atoms with Gasteiger partial charge in [0.1, 0.15) is 5.00 Å². The minimum absolute atomic E-state index is 0.0198. The SMILES string of the molecule is COC(=O)c1c(NC(=O)CSc2c(=O)o[nH][n+]2-c2ccc(C)cc2)sc2c1CCC(C)C2. The Morgan fingerprint density at radius 2 is 2.09 bits per heavy atom. The zero-order valence-corrected chi connectivity index (χ0v) is 19.7. The van der Waals surface area contributed by atoms with Crippen molar-refractivity contribution < 1.29 is 23.5 Å². The summed E-state index contributed by atoms with van der Waals surface area (Å²) in [6.45, 7) is 4.15. The second kappa shape index (κ2) is 9.33. The molecule has 2 heterocycles. The van der Waals surface area contributed by atoms with E-state index in [0.29, 0.717) is 16.5 Å². The molecule has 8 nitrogen and oxygen atoms in total. The van der Waals surface area contributed by atoms with Crippen LogP contribution in [-0.4, -0.2) is 30.0 Å². The molecule has 32 heavy (non-hydrogen) atoms. The number of nitrogens with zero attached hydrogens (tertiary/aromatic N) is 1. The Balaban J connectivity index is 1.51. The first-order valence-electron chi connectivity index (χ1n) is 10.2. The largest absolute Gasteiger partial charge is 0.465 e. The van der Waals surface area contributed by atoms with Gasteiger partial charge in [-0.25, -0.2) is 9.59 Å². The lowest BCUT2D eigenvalue weighted by atomic mass is 9.88. The molecule has 168 valence electrons. The lowest BCUT2D eigenvalue weighted by Gasteiger charge is -2.18. The van der Waals surface area contributed by atoms with Crippen LogP contribution in [0, 0.1) is 12.8 Å². The Bertz CT molecular complexity index is 1210. The first kappa shape index (κ1) is 22.3. The molecular weight excluding hydrogens is 450 g/mol. The third-order valence-electron chi connectivity index (χ3n) is 5.39. The summed E-state index contributed by atoms with van der Waals surface area (Å²) in [5.41, 5.74) is 2.68. The highest BCUT2D eigenvalue weighted by Crippen LogP contribution is 2.40. The highest BCUT2D eigenvalue weighted by molar-refractivity contribution is 7.99.